The first-order valence-corrected chi connectivity index (χ1v) is 7.57. The molecule has 7 heteroatoms. The molecule has 0 saturated heterocycles. The first kappa shape index (κ1) is 14.4. The summed E-state index contributed by atoms with van der Waals surface area (Å²) in [5, 5.41) is 3.91. The van der Waals surface area contributed by atoms with Crippen LogP contribution >= 0.6 is 0 Å². The molecule has 22 heavy (non-hydrogen) atoms. The molecule has 0 radical (unpaired) electrons. The molecule has 1 unspecified atom stereocenters. The van der Waals surface area contributed by atoms with Crippen molar-refractivity contribution in [1.29, 1.82) is 0 Å². The Labute approximate surface area is 129 Å². The lowest BCUT2D eigenvalue weighted by Gasteiger charge is -2.15. The van der Waals surface area contributed by atoms with Crippen LogP contribution in [0.2, 0.25) is 0 Å². The molecule has 0 aliphatic carbocycles. The van der Waals surface area contributed by atoms with Gasteiger partial charge in [0.25, 0.3) is 11.3 Å². The van der Waals surface area contributed by atoms with Crippen molar-refractivity contribution in [3.8, 4) is 11.4 Å². The third-order valence-electron chi connectivity index (χ3n) is 3.05. The second-order valence-corrected chi connectivity index (χ2v) is 5.45. The van der Waals surface area contributed by atoms with Crippen LogP contribution in [-0.2, 0) is 11.3 Å². The van der Waals surface area contributed by atoms with Gasteiger partial charge in [0.1, 0.15) is 5.69 Å². The molecule has 0 saturated carbocycles. The molecule has 6 nitrogen and oxygen atoms in total. The average Bonchev–Trinajstić information content (AvgIpc) is 2.99. The summed E-state index contributed by atoms with van der Waals surface area (Å²) in [6, 6.07) is 14.2. The maximum atomic E-state index is 11.7. The van der Waals surface area contributed by atoms with Crippen LogP contribution in [-0.4, -0.2) is 18.9 Å². The van der Waals surface area contributed by atoms with Crippen molar-refractivity contribution >= 4 is 22.8 Å². The number of hydrogen-bond donors (Lipinski definition) is 1. The summed E-state index contributed by atoms with van der Waals surface area (Å²) in [5.41, 5.74) is 2.72. The van der Waals surface area contributed by atoms with Gasteiger partial charge in [-0.1, -0.05) is 28.9 Å². The van der Waals surface area contributed by atoms with E-state index in [-0.39, 0.29) is 5.88 Å². The zero-order valence-electron chi connectivity index (χ0n) is 11.7. The lowest BCUT2D eigenvalue weighted by Crippen LogP contribution is -2.18. The molecule has 0 aliphatic rings. The molecule has 1 N–H and O–H groups in total. The largest absolute Gasteiger partial charge is 0.337 e. The standard InChI is InChI=1S/C15H13N3O3S/c1-11-5-7-12(8-6-11)18(22(19)20)15-10-14(17-21-15)13-4-2-3-9-16-13/h2-10H,1H3,(H,19,20). The second kappa shape index (κ2) is 6.08. The topological polar surface area (TPSA) is 79.5 Å². The molecule has 0 fully saturated rings. The van der Waals surface area contributed by atoms with Gasteiger partial charge in [0.15, 0.2) is 0 Å². The third-order valence-corrected chi connectivity index (χ3v) is 3.75. The predicted molar refractivity (Wildman–Crippen MR) is 83.8 cm³/mol. The second-order valence-electron chi connectivity index (χ2n) is 4.63. The van der Waals surface area contributed by atoms with Crippen molar-refractivity contribution in [3.63, 3.8) is 0 Å². The van der Waals surface area contributed by atoms with E-state index in [2.05, 4.69) is 10.1 Å². The quantitative estimate of drug-likeness (QED) is 0.747. The van der Waals surface area contributed by atoms with Gasteiger partial charge in [-0.2, -0.15) is 0 Å². The Morgan fingerprint density at radius 3 is 2.55 bits per heavy atom. The monoisotopic (exact) mass is 315 g/mol. The fraction of sp³-hybridized carbons (Fsp3) is 0.0667. The predicted octanol–water partition coefficient (Wildman–Crippen LogP) is 3.32. The summed E-state index contributed by atoms with van der Waals surface area (Å²) in [4.78, 5) is 4.17. The Morgan fingerprint density at radius 1 is 1.14 bits per heavy atom. The zero-order chi connectivity index (χ0) is 15.5. The van der Waals surface area contributed by atoms with Crippen LogP contribution in [0.5, 0.6) is 0 Å². The molecule has 0 amide bonds. The van der Waals surface area contributed by atoms with Crippen molar-refractivity contribution in [2.45, 2.75) is 6.92 Å². The third kappa shape index (κ3) is 2.90. The van der Waals surface area contributed by atoms with Crippen LogP contribution in [0.1, 0.15) is 5.56 Å². The molecule has 2 aromatic heterocycles. The summed E-state index contributed by atoms with van der Waals surface area (Å²) in [7, 11) is 0. The van der Waals surface area contributed by atoms with E-state index in [9.17, 15) is 8.76 Å². The number of rotatable bonds is 4. The summed E-state index contributed by atoms with van der Waals surface area (Å²) >= 11 is -2.28. The van der Waals surface area contributed by atoms with Gasteiger partial charge >= 0.3 is 0 Å². The van der Waals surface area contributed by atoms with Crippen molar-refractivity contribution in [1.82, 2.24) is 10.1 Å². The summed E-state index contributed by atoms with van der Waals surface area (Å²) in [5.74, 6) is 0.172. The average molecular weight is 315 g/mol. The van der Waals surface area contributed by atoms with Gasteiger partial charge in [0, 0.05) is 12.3 Å². The molecule has 3 aromatic rings. The summed E-state index contributed by atoms with van der Waals surface area (Å²) < 4.78 is 27.6. The number of benzene rings is 1. The van der Waals surface area contributed by atoms with Gasteiger partial charge < -0.3 is 4.52 Å². The van der Waals surface area contributed by atoms with E-state index in [1.165, 1.54) is 0 Å². The van der Waals surface area contributed by atoms with Gasteiger partial charge in [-0.3, -0.25) is 9.54 Å². The van der Waals surface area contributed by atoms with Crippen molar-refractivity contribution in [2.75, 3.05) is 4.31 Å². The van der Waals surface area contributed by atoms with E-state index in [1.807, 2.05) is 25.1 Å². The minimum Gasteiger partial charge on any atom is -0.337 e. The SMILES string of the molecule is Cc1ccc(N(c2cc(-c3ccccn3)no2)S(=O)O)cc1. The highest BCUT2D eigenvalue weighted by molar-refractivity contribution is 7.81. The van der Waals surface area contributed by atoms with E-state index < -0.39 is 11.3 Å². The minimum atomic E-state index is -2.28. The van der Waals surface area contributed by atoms with Gasteiger partial charge in [0.05, 0.1) is 11.4 Å². The lowest BCUT2D eigenvalue weighted by molar-refractivity contribution is 0.430. The zero-order valence-corrected chi connectivity index (χ0v) is 12.5. The molecule has 0 spiro atoms. The summed E-state index contributed by atoms with van der Waals surface area (Å²) in [6.07, 6.45) is 1.64. The van der Waals surface area contributed by atoms with Crippen molar-refractivity contribution < 1.29 is 13.3 Å². The van der Waals surface area contributed by atoms with E-state index in [0.717, 1.165) is 9.87 Å². The molecule has 112 valence electrons. The first-order valence-electron chi connectivity index (χ1n) is 6.51. The van der Waals surface area contributed by atoms with Gasteiger partial charge in [0.2, 0.25) is 5.88 Å². The molecule has 3 rings (SSSR count). The summed E-state index contributed by atoms with van der Waals surface area (Å²) in [6.45, 7) is 1.94. The molecule has 1 atom stereocenters. The fourth-order valence-electron chi connectivity index (χ4n) is 1.97. The van der Waals surface area contributed by atoms with E-state index in [4.69, 9.17) is 4.52 Å². The number of hydrogen-bond acceptors (Lipinski definition) is 4. The van der Waals surface area contributed by atoms with E-state index >= 15 is 0 Å². The minimum absolute atomic E-state index is 0.172. The highest BCUT2D eigenvalue weighted by atomic mass is 32.2. The highest BCUT2D eigenvalue weighted by Crippen LogP contribution is 2.30. The van der Waals surface area contributed by atoms with Crippen LogP contribution in [0, 0.1) is 6.92 Å². The van der Waals surface area contributed by atoms with Crippen LogP contribution in [0.25, 0.3) is 11.4 Å². The number of nitrogens with zero attached hydrogens (tertiary/aromatic N) is 3. The Morgan fingerprint density at radius 2 is 1.91 bits per heavy atom. The van der Waals surface area contributed by atoms with Crippen LogP contribution < -0.4 is 4.31 Å². The van der Waals surface area contributed by atoms with Crippen molar-refractivity contribution in [2.24, 2.45) is 0 Å². The molecule has 2 heterocycles. The number of pyridine rings is 1. The normalized spacial score (nSPS) is 12.1. The number of anilines is 2. The van der Waals surface area contributed by atoms with Crippen LogP contribution in [0.3, 0.4) is 0 Å². The molecule has 0 aliphatic heterocycles. The van der Waals surface area contributed by atoms with Gasteiger partial charge in [-0.25, -0.2) is 8.51 Å². The Balaban J connectivity index is 1.98. The number of aryl methyl sites for hydroxylation is 1. The maximum Gasteiger partial charge on any atom is 0.269 e. The Bertz CT molecular complexity index is 787. The van der Waals surface area contributed by atoms with Gasteiger partial charge in [-0.05, 0) is 31.2 Å². The van der Waals surface area contributed by atoms with E-state index in [1.54, 1.807) is 36.5 Å². The van der Waals surface area contributed by atoms with Crippen LogP contribution in [0.15, 0.2) is 59.3 Å². The van der Waals surface area contributed by atoms with Gasteiger partial charge in [-0.15, -0.1) is 0 Å². The lowest BCUT2D eigenvalue weighted by atomic mass is 10.2. The molecule has 1 aromatic carbocycles. The highest BCUT2D eigenvalue weighted by Gasteiger charge is 2.20. The first-order chi connectivity index (χ1) is 10.6. The maximum absolute atomic E-state index is 11.7. The Kier molecular flexibility index (Phi) is 3.99. The van der Waals surface area contributed by atoms with E-state index in [0.29, 0.717) is 17.1 Å². The Hall–Kier alpha value is -2.51. The van der Waals surface area contributed by atoms with Crippen molar-refractivity contribution in [3.05, 3.63) is 60.3 Å². The van der Waals surface area contributed by atoms with Crippen LogP contribution in [0.4, 0.5) is 11.6 Å². The molecular formula is C15H13N3O3S. The fourth-order valence-corrected chi connectivity index (χ4v) is 2.51. The molecule has 0 bridgehead atoms. The molecular weight excluding hydrogens is 302 g/mol. The smallest absolute Gasteiger partial charge is 0.269 e. The number of aromatic nitrogens is 2.